The molecule has 0 N–H and O–H groups in total. The number of hydrogen-bond acceptors (Lipinski definition) is 3. The normalized spacial score (nSPS) is 10.6. The maximum absolute atomic E-state index is 12.5. The summed E-state index contributed by atoms with van der Waals surface area (Å²) in [5.41, 5.74) is 1.89. The second-order valence-electron chi connectivity index (χ2n) is 4.13. The number of ether oxygens (including phenoxy) is 1. The topological polar surface area (TPSA) is 43.6 Å². The van der Waals surface area contributed by atoms with Crippen molar-refractivity contribution >= 4 is 11.4 Å². The monoisotopic (exact) mass is 252 g/mol. The number of hydrogen-bond donors (Lipinski definition) is 0. The molecule has 0 atom stereocenters. The Balaban J connectivity index is 2.08. The molecule has 19 heavy (non-hydrogen) atoms. The number of nitrogens with zero attached hydrogens (tertiary/aromatic N) is 2. The lowest BCUT2D eigenvalue weighted by molar-refractivity contribution is 0.103. The molecule has 0 radical (unpaired) electrons. The van der Waals surface area contributed by atoms with Gasteiger partial charge in [-0.25, -0.2) is 4.98 Å². The van der Waals surface area contributed by atoms with Gasteiger partial charge < -0.3 is 4.74 Å². The van der Waals surface area contributed by atoms with Gasteiger partial charge in [-0.1, -0.05) is 18.2 Å². The highest BCUT2D eigenvalue weighted by molar-refractivity contribution is 6.08. The van der Waals surface area contributed by atoms with Crippen LogP contribution < -0.4 is 4.74 Å². The van der Waals surface area contributed by atoms with Gasteiger partial charge >= 0.3 is 0 Å². The highest BCUT2D eigenvalue weighted by atomic mass is 16.5. The number of aromatic nitrogens is 2. The van der Waals surface area contributed by atoms with E-state index >= 15 is 0 Å². The Kier molecular flexibility index (Phi) is 2.76. The van der Waals surface area contributed by atoms with Gasteiger partial charge in [-0.15, -0.1) is 0 Å². The average Bonchev–Trinajstić information content (AvgIpc) is 2.90. The third-order valence-electron chi connectivity index (χ3n) is 2.98. The molecule has 0 saturated carbocycles. The molecule has 4 nitrogen and oxygen atoms in total. The number of imidazole rings is 1. The van der Waals surface area contributed by atoms with Crippen LogP contribution in [0.5, 0.6) is 5.75 Å². The van der Waals surface area contributed by atoms with Gasteiger partial charge in [0.05, 0.1) is 13.3 Å². The molecule has 3 rings (SSSR count). The summed E-state index contributed by atoms with van der Waals surface area (Å²) in [5, 5.41) is 0. The number of carbonyl (C=O) groups excluding carboxylic acids is 1. The van der Waals surface area contributed by atoms with E-state index in [2.05, 4.69) is 4.98 Å². The number of rotatable bonds is 3. The van der Waals surface area contributed by atoms with Crippen molar-refractivity contribution in [2.45, 2.75) is 0 Å². The summed E-state index contributed by atoms with van der Waals surface area (Å²) in [6, 6.07) is 12.7. The fourth-order valence-corrected chi connectivity index (χ4v) is 2.01. The van der Waals surface area contributed by atoms with E-state index in [9.17, 15) is 4.79 Å². The molecular formula is C15H12N2O2. The lowest BCUT2D eigenvalue weighted by Crippen LogP contribution is -2.05. The number of methoxy groups -OCH3 is 1. The van der Waals surface area contributed by atoms with Gasteiger partial charge in [0, 0.05) is 11.8 Å². The summed E-state index contributed by atoms with van der Waals surface area (Å²) in [7, 11) is 1.58. The molecule has 0 bridgehead atoms. The van der Waals surface area contributed by atoms with Crippen LogP contribution in [-0.2, 0) is 0 Å². The number of pyridine rings is 1. The van der Waals surface area contributed by atoms with E-state index in [1.807, 2.05) is 30.5 Å². The zero-order valence-electron chi connectivity index (χ0n) is 10.4. The molecule has 0 aliphatic carbocycles. The summed E-state index contributed by atoms with van der Waals surface area (Å²) in [6.07, 6.45) is 3.42. The Morgan fingerprint density at radius 1 is 1.21 bits per heavy atom. The van der Waals surface area contributed by atoms with Crippen molar-refractivity contribution in [1.82, 2.24) is 9.38 Å². The smallest absolute Gasteiger partial charge is 0.211 e. The molecule has 0 unspecified atom stereocenters. The lowest BCUT2D eigenvalue weighted by Gasteiger charge is -2.03. The van der Waals surface area contributed by atoms with Crippen molar-refractivity contribution in [1.29, 1.82) is 0 Å². The van der Waals surface area contributed by atoms with Crippen molar-refractivity contribution < 1.29 is 9.53 Å². The predicted octanol–water partition coefficient (Wildman–Crippen LogP) is 2.57. The molecule has 0 amide bonds. The highest BCUT2D eigenvalue weighted by Crippen LogP contribution is 2.17. The van der Waals surface area contributed by atoms with E-state index in [0.717, 1.165) is 5.65 Å². The molecular weight excluding hydrogens is 240 g/mol. The van der Waals surface area contributed by atoms with Crippen LogP contribution in [-0.4, -0.2) is 22.3 Å². The van der Waals surface area contributed by atoms with Crippen LogP contribution in [0.3, 0.4) is 0 Å². The number of carbonyl (C=O) groups is 1. The first-order valence-electron chi connectivity index (χ1n) is 5.90. The minimum atomic E-state index is -0.0717. The van der Waals surface area contributed by atoms with Crippen molar-refractivity contribution in [3.63, 3.8) is 0 Å². The SMILES string of the molecule is COc1cccc(C(=O)c2cnc3ccccn23)c1. The van der Waals surface area contributed by atoms with Crippen molar-refractivity contribution in [3.8, 4) is 5.75 Å². The predicted molar refractivity (Wildman–Crippen MR) is 71.6 cm³/mol. The fraction of sp³-hybridized carbons (Fsp3) is 0.0667. The zero-order valence-corrected chi connectivity index (χ0v) is 10.4. The fourth-order valence-electron chi connectivity index (χ4n) is 2.01. The van der Waals surface area contributed by atoms with Gasteiger partial charge in [0.15, 0.2) is 0 Å². The third kappa shape index (κ3) is 1.97. The second-order valence-corrected chi connectivity index (χ2v) is 4.13. The quantitative estimate of drug-likeness (QED) is 0.673. The van der Waals surface area contributed by atoms with Crippen LogP contribution >= 0.6 is 0 Å². The van der Waals surface area contributed by atoms with Crippen LogP contribution in [0, 0.1) is 0 Å². The van der Waals surface area contributed by atoms with E-state index in [1.165, 1.54) is 0 Å². The Morgan fingerprint density at radius 2 is 2.11 bits per heavy atom. The number of benzene rings is 1. The molecule has 2 heterocycles. The van der Waals surface area contributed by atoms with E-state index < -0.39 is 0 Å². The van der Waals surface area contributed by atoms with Crippen LogP contribution in [0.1, 0.15) is 16.1 Å². The number of ketones is 1. The average molecular weight is 252 g/mol. The zero-order chi connectivity index (χ0) is 13.2. The summed E-state index contributed by atoms with van der Waals surface area (Å²) >= 11 is 0. The maximum Gasteiger partial charge on any atom is 0.211 e. The molecule has 0 fully saturated rings. The van der Waals surface area contributed by atoms with Gasteiger partial charge in [0.2, 0.25) is 5.78 Å². The summed E-state index contributed by atoms with van der Waals surface area (Å²) in [6.45, 7) is 0. The van der Waals surface area contributed by atoms with Gasteiger partial charge in [-0.2, -0.15) is 0 Å². The first-order chi connectivity index (χ1) is 9.29. The Morgan fingerprint density at radius 3 is 2.95 bits per heavy atom. The van der Waals surface area contributed by atoms with E-state index in [1.54, 1.807) is 35.9 Å². The molecule has 0 aliphatic heterocycles. The Bertz CT molecular complexity index is 746. The van der Waals surface area contributed by atoms with Crippen LogP contribution in [0.25, 0.3) is 5.65 Å². The highest BCUT2D eigenvalue weighted by Gasteiger charge is 2.14. The van der Waals surface area contributed by atoms with Crippen LogP contribution in [0.2, 0.25) is 0 Å². The maximum atomic E-state index is 12.5. The first kappa shape index (κ1) is 11.5. The van der Waals surface area contributed by atoms with Gasteiger partial charge in [-0.05, 0) is 24.3 Å². The van der Waals surface area contributed by atoms with E-state index in [4.69, 9.17) is 4.74 Å². The van der Waals surface area contributed by atoms with Crippen molar-refractivity contribution in [2.75, 3.05) is 7.11 Å². The first-order valence-corrected chi connectivity index (χ1v) is 5.90. The minimum absolute atomic E-state index is 0.0717. The lowest BCUT2D eigenvalue weighted by atomic mass is 10.1. The van der Waals surface area contributed by atoms with Crippen LogP contribution in [0.4, 0.5) is 0 Å². The van der Waals surface area contributed by atoms with Crippen LogP contribution in [0.15, 0.2) is 54.9 Å². The van der Waals surface area contributed by atoms with Gasteiger partial charge in [-0.3, -0.25) is 9.20 Å². The standard InChI is InChI=1S/C15H12N2O2/c1-19-12-6-4-5-11(9-12)15(18)13-10-16-14-7-2-3-8-17(13)14/h2-10H,1H3. The van der Waals surface area contributed by atoms with E-state index in [-0.39, 0.29) is 5.78 Å². The van der Waals surface area contributed by atoms with Crippen molar-refractivity contribution in [3.05, 3.63) is 66.1 Å². The molecule has 0 saturated heterocycles. The molecule has 94 valence electrons. The molecule has 1 aromatic carbocycles. The Hall–Kier alpha value is -2.62. The minimum Gasteiger partial charge on any atom is -0.497 e. The van der Waals surface area contributed by atoms with Crippen molar-refractivity contribution in [2.24, 2.45) is 0 Å². The van der Waals surface area contributed by atoms with Gasteiger partial charge in [0.1, 0.15) is 17.1 Å². The molecule has 3 aromatic rings. The summed E-state index contributed by atoms with van der Waals surface area (Å²) < 4.78 is 6.91. The Labute approximate surface area is 110 Å². The van der Waals surface area contributed by atoms with Gasteiger partial charge in [0.25, 0.3) is 0 Å². The summed E-state index contributed by atoms with van der Waals surface area (Å²) in [5.74, 6) is 0.595. The second kappa shape index (κ2) is 4.57. The number of fused-ring (bicyclic) bond motifs is 1. The summed E-state index contributed by atoms with van der Waals surface area (Å²) in [4.78, 5) is 16.7. The third-order valence-corrected chi connectivity index (χ3v) is 2.98. The molecule has 4 heteroatoms. The molecule has 0 aliphatic rings. The molecule has 2 aromatic heterocycles. The van der Waals surface area contributed by atoms with E-state index in [0.29, 0.717) is 17.0 Å². The molecule has 0 spiro atoms. The largest absolute Gasteiger partial charge is 0.497 e.